The fourth-order valence-electron chi connectivity index (χ4n) is 2.73. The first kappa shape index (κ1) is 19.6. The SMILES string of the molecule is CCOc1ccc(CC(F)=CCc2ccc(F)c(Oc3ccccc3)c2)cc1. The van der Waals surface area contributed by atoms with Crippen LogP contribution in [0.1, 0.15) is 18.1 Å². The molecule has 0 aliphatic rings. The van der Waals surface area contributed by atoms with Gasteiger partial charge in [-0.25, -0.2) is 8.78 Å². The third kappa shape index (κ3) is 5.68. The van der Waals surface area contributed by atoms with E-state index in [1.54, 1.807) is 24.3 Å². The first-order valence-electron chi connectivity index (χ1n) is 9.21. The summed E-state index contributed by atoms with van der Waals surface area (Å²) in [6.45, 7) is 2.52. The number of halogens is 2. The maximum absolute atomic E-state index is 14.3. The summed E-state index contributed by atoms with van der Waals surface area (Å²) < 4.78 is 39.2. The summed E-state index contributed by atoms with van der Waals surface area (Å²) in [6.07, 6.45) is 2.07. The fraction of sp³-hybridized carbons (Fsp3) is 0.167. The van der Waals surface area contributed by atoms with E-state index in [1.165, 1.54) is 12.1 Å². The van der Waals surface area contributed by atoms with E-state index in [2.05, 4.69) is 0 Å². The molecule has 0 amide bonds. The lowest BCUT2D eigenvalue weighted by Gasteiger charge is -2.08. The van der Waals surface area contributed by atoms with Crippen LogP contribution < -0.4 is 9.47 Å². The topological polar surface area (TPSA) is 18.5 Å². The molecule has 0 saturated heterocycles. The fourth-order valence-corrected chi connectivity index (χ4v) is 2.73. The van der Waals surface area contributed by atoms with Crippen molar-refractivity contribution < 1.29 is 18.3 Å². The second kappa shape index (κ2) is 9.70. The van der Waals surface area contributed by atoms with Crippen LogP contribution in [0.15, 0.2) is 84.7 Å². The molecule has 3 aromatic carbocycles. The number of hydrogen-bond acceptors (Lipinski definition) is 2. The molecule has 0 N–H and O–H groups in total. The summed E-state index contributed by atoms with van der Waals surface area (Å²) in [5, 5.41) is 0. The van der Waals surface area contributed by atoms with Crippen LogP contribution in [0.2, 0.25) is 0 Å². The van der Waals surface area contributed by atoms with Gasteiger partial charge in [-0.1, -0.05) is 36.4 Å². The van der Waals surface area contributed by atoms with Crippen molar-refractivity contribution in [2.45, 2.75) is 19.8 Å². The molecule has 3 rings (SSSR count). The highest BCUT2D eigenvalue weighted by atomic mass is 19.1. The third-order valence-corrected chi connectivity index (χ3v) is 4.13. The van der Waals surface area contributed by atoms with Gasteiger partial charge in [0.15, 0.2) is 11.6 Å². The minimum absolute atomic E-state index is 0.129. The van der Waals surface area contributed by atoms with Gasteiger partial charge in [-0.3, -0.25) is 0 Å². The summed E-state index contributed by atoms with van der Waals surface area (Å²) in [4.78, 5) is 0. The molecular weight excluding hydrogens is 358 g/mol. The van der Waals surface area contributed by atoms with Gasteiger partial charge in [0.25, 0.3) is 0 Å². The molecule has 2 nitrogen and oxygen atoms in total. The smallest absolute Gasteiger partial charge is 0.165 e. The Morgan fingerprint density at radius 1 is 0.893 bits per heavy atom. The Morgan fingerprint density at radius 3 is 2.32 bits per heavy atom. The van der Waals surface area contributed by atoms with Crippen LogP contribution in [0.5, 0.6) is 17.2 Å². The minimum atomic E-state index is -0.452. The molecule has 0 radical (unpaired) electrons. The first-order chi connectivity index (χ1) is 13.6. The standard InChI is InChI=1S/C24H22F2O2/c1-2-27-21-13-9-18(10-14-21)16-20(25)12-8-19-11-15-23(26)24(17-19)28-22-6-4-3-5-7-22/h3-7,9-15,17H,2,8,16H2,1H3. The molecule has 0 fully saturated rings. The molecule has 0 unspecified atom stereocenters. The zero-order valence-corrected chi connectivity index (χ0v) is 15.7. The average Bonchev–Trinajstić information content (AvgIpc) is 2.71. The summed E-state index contributed by atoms with van der Waals surface area (Å²) in [5.41, 5.74) is 1.64. The van der Waals surface area contributed by atoms with Gasteiger partial charge in [0.2, 0.25) is 0 Å². The molecule has 0 saturated carbocycles. The Bertz CT molecular complexity index is 919. The van der Waals surface area contributed by atoms with E-state index >= 15 is 0 Å². The number of allylic oxidation sites excluding steroid dienone is 2. The second-order valence-electron chi connectivity index (χ2n) is 6.29. The lowest BCUT2D eigenvalue weighted by molar-refractivity contribution is 0.340. The first-order valence-corrected chi connectivity index (χ1v) is 9.21. The Morgan fingerprint density at radius 2 is 1.61 bits per heavy atom. The monoisotopic (exact) mass is 380 g/mol. The number of hydrogen-bond donors (Lipinski definition) is 0. The molecule has 3 aromatic rings. The van der Waals surface area contributed by atoms with Crippen molar-refractivity contribution in [3.8, 4) is 17.2 Å². The highest BCUT2D eigenvalue weighted by Gasteiger charge is 2.07. The van der Waals surface area contributed by atoms with Gasteiger partial charge in [-0.05, 0) is 66.9 Å². The molecule has 0 aromatic heterocycles. The number of rotatable bonds is 8. The Hall–Kier alpha value is -3.14. The third-order valence-electron chi connectivity index (χ3n) is 4.13. The summed E-state index contributed by atoms with van der Waals surface area (Å²) in [7, 11) is 0. The van der Waals surface area contributed by atoms with Gasteiger partial charge in [0.05, 0.1) is 6.61 Å². The van der Waals surface area contributed by atoms with Crippen molar-refractivity contribution in [1.82, 2.24) is 0 Å². The van der Waals surface area contributed by atoms with Crippen molar-refractivity contribution in [3.63, 3.8) is 0 Å². The van der Waals surface area contributed by atoms with Gasteiger partial charge in [-0.2, -0.15) is 0 Å². The van der Waals surface area contributed by atoms with Crippen molar-refractivity contribution in [1.29, 1.82) is 0 Å². The number of ether oxygens (including phenoxy) is 2. The Kier molecular flexibility index (Phi) is 6.79. The summed E-state index contributed by atoms with van der Waals surface area (Å²) in [5.74, 6) is 0.762. The van der Waals surface area contributed by atoms with Crippen molar-refractivity contribution in [2.24, 2.45) is 0 Å². The second-order valence-corrected chi connectivity index (χ2v) is 6.29. The molecule has 0 heterocycles. The Balaban J connectivity index is 1.63. The van der Waals surface area contributed by atoms with Crippen LogP contribution in [0, 0.1) is 5.82 Å². The van der Waals surface area contributed by atoms with Crippen LogP contribution in [0.25, 0.3) is 0 Å². The average molecular weight is 380 g/mol. The van der Waals surface area contributed by atoms with Gasteiger partial charge in [0, 0.05) is 6.42 Å². The molecule has 0 aliphatic carbocycles. The van der Waals surface area contributed by atoms with E-state index in [0.717, 1.165) is 16.9 Å². The van der Waals surface area contributed by atoms with E-state index in [0.29, 0.717) is 18.8 Å². The summed E-state index contributed by atoms with van der Waals surface area (Å²) >= 11 is 0. The highest BCUT2D eigenvalue weighted by Crippen LogP contribution is 2.26. The Labute approximate surface area is 164 Å². The maximum Gasteiger partial charge on any atom is 0.165 e. The molecule has 4 heteroatoms. The lowest BCUT2D eigenvalue weighted by Crippen LogP contribution is -1.93. The number of para-hydroxylation sites is 1. The maximum atomic E-state index is 14.3. The number of benzene rings is 3. The predicted molar refractivity (Wildman–Crippen MR) is 107 cm³/mol. The van der Waals surface area contributed by atoms with Gasteiger partial charge >= 0.3 is 0 Å². The molecular formula is C24H22F2O2. The zero-order valence-electron chi connectivity index (χ0n) is 15.7. The van der Waals surface area contributed by atoms with Crippen molar-refractivity contribution >= 4 is 0 Å². The van der Waals surface area contributed by atoms with Crippen molar-refractivity contribution in [3.05, 3.63) is 102 Å². The lowest BCUT2D eigenvalue weighted by atomic mass is 10.1. The van der Waals surface area contributed by atoms with E-state index in [9.17, 15) is 8.78 Å². The molecule has 0 bridgehead atoms. The van der Waals surface area contributed by atoms with Crippen molar-refractivity contribution in [2.75, 3.05) is 6.61 Å². The van der Waals surface area contributed by atoms with E-state index in [1.807, 2.05) is 49.4 Å². The van der Waals surface area contributed by atoms with Crippen LogP contribution >= 0.6 is 0 Å². The van der Waals surface area contributed by atoms with Gasteiger partial charge < -0.3 is 9.47 Å². The molecule has 0 spiro atoms. The van der Waals surface area contributed by atoms with Crippen LogP contribution in [0.4, 0.5) is 8.78 Å². The van der Waals surface area contributed by atoms with Gasteiger partial charge in [-0.15, -0.1) is 0 Å². The highest BCUT2D eigenvalue weighted by molar-refractivity contribution is 5.36. The molecule has 144 valence electrons. The zero-order chi connectivity index (χ0) is 19.8. The van der Waals surface area contributed by atoms with Crippen LogP contribution in [-0.4, -0.2) is 6.61 Å². The largest absolute Gasteiger partial charge is 0.494 e. The van der Waals surface area contributed by atoms with E-state index in [-0.39, 0.29) is 18.0 Å². The molecule has 0 aliphatic heterocycles. The normalized spacial score (nSPS) is 11.3. The van der Waals surface area contributed by atoms with Crippen LogP contribution in [-0.2, 0) is 12.8 Å². The minimum Gasteiger partial charge on any atom is -0.494 e. The van der Waals surface area contributed by atoms with E-state index in [4.69, 9.17) is 9.47 Å². The van der Waals surface area contributed by atoms with Crippen LogP contribution in [0.3, 0.4) is 0 Å². The van der Waals surface area contributed by atoms with Gasteiger partial charge in [0.1, 0.15) is 17.3 Å². The molecule has 0 atom stereocenters. The summed E-state index contributed by atoms with van der Waals surface area (Å²) in [6, 6.07) is 20.9. The predicted octanol–water partition coefficient (Wildman–Crippen LogP) is 6.66. The quantitative estimate of drug-likeness (QED) is 0.435. The van der Waals surface area contributed by atoms with E-state index < -0.39 is 5.82 Å². The molecule has 28 heavy (non-hydrogen) atoms.